The fourth-order valence-electron chi connectivity index (χ4n) is 4.20. The highest BCUT2D eigenvalue weighted by Gasteiger charge is 2.31. The van der Waals surface area contributed by atoms with Gasteiger partial charge in [-0.15, -0.1) is 0 Å². The summed E-state index contributed by atoms with van der Waals surface area (Å²) in [6, 6.07) is 1.56. The number of halogens is 2. The third-order valence-electron chi connectivity index (χ3n) is 5.99. The number of carbonyl (C=O) groups is 1. The predicted molar refractivity (Wildman–Crippen MR) is 136 cm³/mol. The van der Waals surface area contributed by atoms with Crippen LogP contribution in [-0.2, 0) is 11.2 Å². The molecule has 2 aliphatic heterocycles. The van der Waals surface area contributed by atoms with Crippen molar-refractivity contribution in [3.05, 3.63) is 45.5 Å². The second-order valence-electron chi connectivity index (χ2n) is 8.25. The van der Waals surface area contributed by atoms with Crippen molar-refractivity contribution in [1.82, 2.24) is 19.7 Å². The van der Waals surface area contributed by atoms with Crippen LogP contribution >= 0.6 is 34.7 Å². The Morgan fingerprint density at radius 1 is 1.33 bits per heavy atom. The van der Waals surface area contributed by atoms with Crippen LogP contribution in [0.15, 0.2) is 18.5 Å². The zero-order chi connectivity index (χ0) is 25.4. The van der Waals surface area contributed by atoms with Crippen molar-refractivity contribution in [2.24, 2.45) is 0 Å². The molecule has 5 rings (SSSR count). The molecule has 14 heteroatoms. The number of nitrogens with zero attached hydrogens (tertiary/aromatic N) is 4. The van der Waals surface area contributed by atoms with Gasteiger partial charge >= 0.3 is 0 Å². The highest BCUT2D eigenvalue weighted by molar-refractivity contribution is 7.11. The van der Waals surface area contributed by atoms with Crippen LogP contribution in [0.5, 0.6) is 11.6 Å². The summed E-state index contributed by atoms with van der Waals surface area (Å²) < 4.78 is 9.48. The summed E-state index contributed by atoms with van der Waals surface area (Å²) in [5.41, 5.74) is 1.44. The van der Waals surface area contributed by atoms with Gasteiger partial charge in [-0.3, -0.25) is 15.2 Å². The molecule has 0 saturated carbocycles. The number of amidine groups is 1. The number of aromatic hydroxyl groups is 2. The molecule has 11 nitrogen and oxygen atoms in total. The number of aromatic nitrogens is 3. The van der Waals surface area contributed by atoms with Gasteiger partial charge in [-0.2, -0.15) is 4.37 Å². The average Bonchev–Trinajstić information content (AvgIpc) is 3.59. The van der Waals surface area contributed by atoms with Crippen LogP contribution < -0.4 is 15.5 Å². The Labute approximate surface area is 219 Å². The normalized spacial score (nSPS) is 16.7. The number of pyridine rings is 2. The zero-order valence-electron chi connectivity index (χ0n) is 18.7. The molecule has 0 spiro atoms. The van der Waals surface area contributed by atoms with Crippen LogP contribution in [0.4, 0.5) is 16.4 Å². The molecule has 5 N–H and O–H groups in total. The Morgan fingerprint density at radius 3 is 2.94 bits per heavy atom. The molecule has 1 amide bonds. The van der Waals surface area contributed by atoms with E-state index in [4.69, 9.17) is 33.3 Å². The highest BCUT2D eigenvalue weighted by Crippen LogP contribution is 2.39. The number of hydrogen-bond acceptors (Lipinski definition) is 10. The smallest absolute Gasteiger partial charge is 0.263 e. The van der Waals surface area contributed by atoms with Crippen molar-refractivity contribution < 1.29 is 19.7 Å². The molecule has 1 saturated heterocycles. The molecular weight excluding hydrogens is 529 g/mol. The molecule has 36 heavy (non-hydrogen) atoms. The van der Waals surface area contributed by atoms with Gasteiger partial charge in [0.15, 0.2) is 5.75 Å². The Morgan fingerprint density at radius 2 is 2.17 bits per heavy atom. The summed E-state index contributed by atoms with van der Waals surface area (Å²) >= 11 is 13.1. The van der Waals surface area contributed by atoms with Crippen LogP contribution in [0.2, 0.25) is 10.3 Å². The van der Waals surface area contributed by atoms with Crippen LogP contribution in [0.1, 0.15) is 34.3 Å². The number of hydrogen-bond donors (Lipinski definition) is 5. The summed E-state index contributed by atoms with van der Waals surface area (Å²) in [7, 11) is 0. The van der Waals surface area contributed by atoms with Crippen LogP contribution in [0.25, 0.3) is 0 Å². The molecule has 0 radical (unpaired) electrons. The third-order valence-corrected chi connectivity index (χ3v) is 7.25. The SMILES string of the molecule is N=C(NCC1CCCO1)c1c(O)nsc1Nc1cncc(C(=O)N2CCc3c2cc(Cl)nc3Cl)c1O. The van der Waals surface area contributed by atoms with Crippen LogP contribution in [0, 0.1) is 5.41 Å². The van der Waals surface area contributed by atoms with E-state index in [-0.39, 0.29) is 50.7 Å². The molecule has 2 aliphatic rings. The van der Waals surface area contributed by atoms with E-state index in [1.54, 1.807) is 6.07 Å². The molecule has 188 valence electrons. The molecule has 5 heterocycles. The van der Waals surface area contributed by atoms with Crippen LogP contribution in [0.3, 0.4) is 0 Å². The topological polar surface area (TPSA) is 157 Å². The van der Waals surface area contributed by atoms with Gasteiger partial charge in [0.25, 0.3) is 5.91 Å². The van der Waals surface area contributed by atoms with Gasteiger partial charge in [0.2, 0.25) is 5.88 Å². The maximum absolute atomic E-state index is 13.3. The van der Waals surface area contributed by atoms with Crippen molar-refractivity contribution in [3.8, 4) is 11.6 Å². The molecule has 0 bridgehead atoms. The van der Waals surface area contributed by atoms with E-state index in [2.05, 4.69) is 25.0 Å². The number of nitrogens with one attached hydrogen (secondary N) is 3. The van der Waals surface area contributed by atoms with Gasteiger partial charge in [-0.05, 0) is 36.9 Å². The first kappa shape index (κ1) is 24.5. The molecule has 1 unspecified atom stereocenters. The van der Waals surface area contributed by atoms with Crippen molar-refractivity contribution >= 4 is 62.9 Å². The second-order valence-corrected chi connectivity index (χ2v) is 9.77. The van der Waals surface area contributed by atoms with Gasteiger partial charge in [0.05, 0.1) is 18.0 Å². The van der Waals surface area contributed by atoms with E-state index >= 15 is 0 Å². The first-order chi connectivity index (χ1) is 17.3. The number of rotatable bonds is 6. The maximum Gasteiger partial charge on any atom is 0.263 e. The van der Waals surface area contributed by atoms with Crippen molar-refractivity contribution in [2.75, 3.05) is 29.9 Å². The van der Waals surface area contributed by atoms with E-state index in [1.807, 2.05) is 0 Å². The average molecular weight is 550 g/mol. The lowest BCUT2D eigenvalue weighted by molar-refractivity contribution is 0.0986. The molecular formula is C22H21Cl2N7O4S. The first-order valence-electron chi connectivity index (χ1n) is 11.1. The maximum atomic E-state index is 13.3. The number of amides is 1. The van der Waals surface area contributed by atoms with Gasteiger partial charge in [-0.25, -0.2) is 4.98 Å². The number of anilines is 3. The van der Waals surface area contributed by atoms with E-state index in [0.29, 0.717) is 42.4 Å². The molecule has 1 atom stereocenters. The van der Waals surface area contributed by atoms with E-state index in [0.717, 1.165) is 24.4 Å². The molecule has 3 aromatic rings. The largest absolute Gasteiger partial charge is 0.505 e. The second kappa shape index (κ2) is 10.1. The van der Waals surface area contributed by atoms with E-state index in [1.165, 1.54) is 17.3 Å². The zero-order valence-corrected chi connectivity index (χ0v) is 21.0. The molecule has 0 aromatic carbocycles. The third kappa shape index (κ3) is 4.64. The van der Waals surface area contributed by atoms with Gasteiger partial charge in [0, 0.05) is 31.5 Å². The van der Waals surface area contributed by atoms with E-state index < -0.39 is 5.91 Å². The van der Waals surface area contributed by atoms with Crippen molar-refractivity contribution in [1.29, 1.82) is 5.41 Å². The Kier molecular flexibility index (Phi) is 6.84. The standard InChI is InChI=1S/C22H21Cl2N7O4S/c23-15-6-14-11(18(24)29-15)3-4-31(14)22(34)12-8-26-9-13(17(12)32)28-21-16(20(33)30-36-21)19(25)27-7-10-2-1-5-35-10/h6,8-10,28H,1-5,7H2,(H2,25,27)(H,26,32)(H,30,33). The summed E-state index contributed by atoms with van der Waals surface area (Å²) in [5, 5.41) is 36.2. The quantitative estimate of drug-likeness (QED) is 0.175. The summed E-state index contributed by atoms with van der Waals surface area (Å²) in [4.78, 5) is 22.9. The predicted octanol–water partition coefficient (Wildman–Crippen LogP) is 3.69. The first-order valence-corrected chi connectivity index (χ1v) is 12.6. The number of ether oxygens (including phenoxy) is 1. The molecule has 0 aliphatic carbocycles. The Hall–Kier alpha value is -3.19. The minimum absolute atomic E-state index is 0.00250. The Balaban J connectivity index is 1.37. The van der Waals surface area contributed by atoms with Crippen molar-refractivity contribution in [2.45, 2.75) is 25.4 Å². The summed E-state index contributed by atoms with van der Waals surface area (Å²) in [6.07, 6.45) is 4.98. The molecule has 3 aromatic heterocycles. The summed E-state index contributed by atoms with van der Waals surface area (Å²) in [6.45, 7) is 1.46. The van der Waals surface area contributed by atoms with E-state index in [9.17, 15) is 15.0 Å². The minimum atomic E-state index is -0.487. The summed E-state index contributed by atoms with van der Waals surface area (Å²) in [5.74, 6) is -1.20. The fourth-order valence-corrected chi connectivity index (χ4v) is 5.42. The lowest BCUT2D eigenvalue weighted by Crippen LogP contribution is -2.32. The molecule has 1 fully saturated rings. The monoisotopic (exact) mass is 549 g/mol. The fraction of sp³-hybridized carbons (Fsp3) is 0.318. The Bertz CT molecular complexity index is 1350. The van der Waals surface area contributed by atoms with Gasteiger partial charge < -0.3 is 30.5 Å². The van der Waals surface area contributed by atoms with Gasteiger partial charge in [-0.1, -0.05) is 23.2 Å². The number of carbonyl (C=O) groups excluding carboxylic acids is 1. The lowest BCUT2D eigenvalue weighted by atomic mass is 10.2. The van der Waals surface area contributed by atoms with Crippen LogP contribution in [-0.4, -0.2) is 62.1 Å². The van der Waals surface area contributed by atoms with Crippen molar-refractivity contribution in [3.63, 3.8) is 0 Å². The minimum Gasteiger partial charge on any atom is -0.505 e. The van der Waals surface area contributed by atoms with Gasteiger partial charge in [0.1, 0.15) is 38.0 Å². The highest BCUT2D eigenvalue weighted by atomic mass is 35.5. The number of fused-ring (bicyclic) bond motifs is 1. The lowest BCUT2D eigenvalue weighted by Gasteiger charge is -2.19.